The molecule has 0 bridgehead atoms. The number of nitrogens with one attached hydrogen (secondary N) is 1. The SMILES string of the molecule is O=C1NCCOCCCCN(Cc2ccc(F)cn2)[C@@H](Cc2ccccc2)COc2ccccc21. The summed E-state index contributed by atoms with van der Waals surface area (Å²) >= 11 is 0. The maximum Gasteiger partial charge on any atom is 0.255 e. The zero-order chi connectivity index (χ0) is 24.3. The molecule has 0 saturated heterocycles. The minimum atomic E-state index is -0.345. The molecular weight excluding hydrogens is 445 g/mol. The van der Waals surface area contributed by atoms with Crippen LogP contribution in [0.3, 0.4) is 0 Å². The Balaban J connectivity index is 1.61. The van der Waals surface area contributed by atoms with Crippen LogP contribution in [-0.2, 0) is 17.7 Å². The van der Waals surface area contributed by atoms with E-state index in [9.17, 15) is 9.18 Å². The fourth-order valence-electron chi connectivity index (χ4n) is 4.20. The number of hydrogen-bond donors (Lipinski definition) is 1. The van der Waals surface area contributed by atoms with Crippen molar-refractivity contribution >= 4 is 5.91 Å². The number of nitrogens with zero attached hydrogens (tertiary/aromatic N) is 2. The summed E-state index contributed by atoms with van der Waals surface area (Å²) in [5.74, 6) is 0.0341. The first-order valence-electron chi connectivity index (χ1n) is 12.2. The van der Waals surface area contributed by atoms with Crippen LogP contribution in [0, 0.1) is 5.82 Å². The van der Waals surface area contributed by atoms with Gasteiger partial charge >= 0.3 is 0 Å². The Hall–Kier alpha value is -3.29. The number of carbonyl (C=O) groups is 1. The summed E-state index contributed by atoms with van der Waals surface area (Å²) in [6, 6.07) is 20.8. The summed E-state index contributed by atoms with van der Waals surface area (Å²) in [4.78, 5) is 19.4. The van der Waals surface area contributed by atoms with Gasteiger partial charge in [0.25, 0.3) is 5.91 Å². The Morgan fingerprint density at radius 1 is 1.00 bits per heavy atom. The summed E-state index contributed by atoms with van der Waals surface area (Å²) in [5, 5.41) is 2.91. The first kappa shape index (κ1) is 24.8. The number of rotatable bonds is 4. The molecule has 0 saturated carbocycles. The van der Waals surface area contributed by atoms with Crippen LogP contribution in [0.2, 0.25) is 0 Å². The Labute approximate surface area is 206 Å². The number of para-hydroxylation sites is 1. The predicted octanol–water partition coefficient (Wildman–Crippen LogP) is 4.25. The molecule has 4 rings (SSSR count). The van der Waals surface area contributed by atoms with Crippen molar-refractivity contribution in [3.8, 4) is 5.75 Å². The quantitative estimate of drug-likeness (QED) is 0.609. The number of benzene rings is 2. The fraction of sp³-hybridized carbons (Fsp3) is 0.357. The number of pyridine rings is 1. The zero-order valence-corrected chi connectivity index (χ0v) is 19.9. The number of amides is 1. The molecule has 2 aromatic carbocycles. The summed E-state index contributed by atoms with van der Waals surface area (Å²) in [5.41, 5.74) is 2.51. The average Bonchev–Trinajstić information content (AvgIpc) is 2.89. The highest BCUT2D eigenvalue weighted by Gasteiger charge is 2.22. The van der Waals surface area contributed by atoms with Crippen LogP contribution >= 0.6 is 0 Å². The minimum absolute atomic E-state index is 0.0198. The first-order valence-corrected chi connectivity index (χ1v) is 12.2. The highest BCUT2D eigenvalue weighted by atomic mass is 19.1. The second kappa shape index (κ2) is 13.0. The minimum Gasteiger partial charge on any atom is -0.491 e. The number of halogens is 1. The second-order valence-corrected chi connectivity index (χ2v) is 8.66. The van der Waals surface area contributed by atoms with Crippen molar-refractivity contribution in [3.63, 3.8) is 0 Å². The number of hydrogen-bond acceptors (Lipinski definition) is 5. The molecule has 6 nitrogen and oxygen atoms in total. The Bertz CT molecular complexity index is 1060. The van der Waals surface area contributed by atoms with Crippen molar-refractivity contribution in [2.75, 3.05) is 32.9 Å². The molecule has 1 atom stereocenters. The smallest absolute Gasteiger partial charge is 0.255 e. The normalized spacial score (nSPS) is 18.4. The van der Waals surface area contributed by atoms with Crippen molar-refractivity contribution in [1.29, 1.82) is 0 Å². The van der Waals surface area contributed by atoms with E-state index < -0.39 is 0 Å². The number of aromatic nitrogens is 1. The molecule has 3 aromatic rings. The highest BCUT2D eigenvalue weighted by Crippen LogP contribution is 2.21. The van der Waals surface area contributed by atoms with Crippen molar-refractivity contribution in [2.24, 2.45) is 0 Å². The van der Waals surface area contributed by atoms with Gasteiger partial charge in [0.1, 0.15) is 18.2 Å². The van der Waals surface area contributed by atoms with E-state index in [2.05, 4.69) is 27.3 Å². The van der Waals surface area contributed by atoms with Gasteiger partial charge in [-0.25, -0.2) is 4.39 Å². The third kappa shape index (κ3) is 7.60. The predicted molar refractivity (Wildman–Crippen MR) is 133 cm³/mol. The van der Waals surface area contributed by atoms with E-state index >= 15 is 0 Å². The average molecular weight is 478 g/mol. The molecule has 0 fully saturated rings. The summed E-state index contributed by atoms with van der Waals surface area (Å²) < 4.78 is 25.5. The Morgan fingerprint density at radius 2 is 1.83 bits per heavy atom. The number of ether oxygens (including phenoxy) is 2. The molecule has 0 unspecified atom stereocenters. The molecule has 1 aliphatic rings. The van der Waals surface area contributed by atoms with Gasteiger partial charge in [0.15, 0.2) is 0 Å². The molecule has 184 valence electrons. The lowest BCUT2D eigenvalue weighted by Crippen LogP contribution is -2.41. The molecule has 35 heavy (non-hydrogen) atoms. The summed E-state index contributed by atoms with van der Waals surface area (Å²) in [6.07, 6.45) is 3.87. The molecule has 7 heteroatoms. The third-order valence-electron chi connectivity index (χ3n) is 6.06. The highest BCUT2D eigenvalue weighted by molar-refractivity contribution is 5.96. The topological polar surface area (TPSA) is 63.7 Å². The monoisotopic (exact) mass is 477 g/mol. The van der Waals surface area contributed by atoms with Crippen LogP contribution in [0.4, 0.5) is 4.39 Å². The molecule has 1 aliphatic heterocycles. The molecule has 1 N–H and O–H groups in total. The molecule has 0 aliphatic carbocycles. The Kier molecular flexibility index (Phi) is 9.20. The van der Waals surface area contributed by atoms with Gasteiger partial charge in [-0.15, -0.1) is 0 Å². The van der Waals surface area contributed by atoms with E-state index in [1.54, 1.807) is 12.1 Å². The van der Waals surface area contributed by atoms with Crippen molar-refractivity contribution < 1.29 is 18.7 Å². The summed E-state index contributed by atoms with van der Waals surface area (Å²) in [6.45, 7) is 3.35. The lowest BCUT2D eigenvalue weighted by Gasteiger charge is -2.32. The van der Waals surface area contributed by atoms with E-state index in [-0.39, 0.29) is 17.8 Å². The maximum absolute atomic E-state index is 13.5. The fourth-order valence-corrected chi connectivity index (χ4v) is 4.20. The van der Waals surface area contributed by atoms with Crippen LogP contribution in [0.25, 0.3) is 0 Å². The molecule has 2 heterocycles. The summed E-state index contributed by atoms with van der Waals surface area (Å²) in [7, 11) is 0. The molecule has 1 aromatic heterocycles. The van der Waals surface area contributed by atoms with Gasteiger partial charge in [0.05, 0.1) is 24.1 Å². The van der Waals surface area contributed by atoms with E-state index in [0.717, 1.165) is 31.5 Å². The molecule has 0 radical (unpaired) electrons. The maximum atomic E-state index is 13.5. The molecule has 0 spiro atoms. The van der Waals surface area contributed by atoms with E-state index in [1.807, 2.05) is 36.4 Å². The van der Waals surface area contributed by atoms with Crippen LogP contribution < -0.4 is 10.1 Å². The second-order valence-electron chi connectivity index (χ2n) is 8.66. The third-order valence-corrected chi connectivity index (χ3v) is 6.06. The lowest BCUT2D eigenvalue weighted by molar-refractivity contribution is 0.0908. The van der Waals surface area contributed by atoms with Crippen LogP contribution in [0.5, 0.6) is 5.75 Å². The van der Waals surface area contributed by atoms with E-state index in [0.29, 0.717) is 44.2 Å². The molecule has 1 amide bonds. The van der Waals surface area contributed by atoms with Gasteiger partial charge in [-0.3, -0.25) is 14.7 Å². The number of fused-ring (bicyclic) bond motifs is 1. The van der Waals surface area contributed by atoms with Crippen LogP contribution in [0.15, 0.2) is 72.9 Å². The van der Waals surface area contributed by atoms with E-state index in [4.69, 9.17) is 9.47 Å². The van der Waals surface area contributed by atoms with Gasteiger partial charge in [0, 0.05) is 25.7 Å². The van der Waals surface area contributed by atoms with Crippen molar-refractivity contribution in [1.82, 2.24) is 15.2 Å². The zero-order valence-electron chi connectivity index (χ0n) is 19.9. The van der Waals surface area contributed by atoms with Crippen molar-refractivity contribution in [2.45, 2.75) is 31.8 Å². The van der Waals surface area contributed by atoms with Gasteiger partial charge < -0.3 is 14.8 Å². The number of carbonyl (C=O) groups excluding carboxylic acids is 1. The largest absolute Gasteiger partial charge is 0.491 e. The Morgan fingerprint density at radius 3 is 2.66 bits per heavy atom. The van der Waals surface area contributed by atoms with Gasteiger partial charge in [-0.2, -0.15) is 0 Å². The lowest BCUT2D eigenvalue weighted by atomic mass is 10.0. The molecular formula is C28H32FN3O3. The van der Waals surface area contributed by atoms with Crippen LogP contribution in [0.1, 0.15) is 34.5 Å². The first-order chi connectivity index (χ1) is 17.2. The van der Waals surface area contributed by atoms with Gasteiger partial charge in [-0.1, -0.05) is 42.5 Å². The van der Waals surface area contributed by atoms with E-state index in [1.165, 1.54) is 17.8 Å². The standard InChI is InChI=1S/C28H32FN3O3/c29-23-12-13-24(31-19-23)20-32-15-6-7-16-34-17-14-30-28(33)26-10-4-5-11-27(26)35-21-25(32)18-22-8-2-1-3-9-22/h1-5,8-13,19,25H,6-7,14-18,20-21H2,(H,30,33)/t25-/m0/s1. The van der Waals surface area contributed by atoms with Crippen LogP contribution in [-0.4, -0.2) is 54.7 Å². The van der Waals surface area contributed by atoms with Crippen molar-refractivity contribution in [3.05, 3.63) is 95.6 Å². The van der Waals surface area contributed by atoms with Gasteiger partial charge in [-0.05, 0) is 55.6 Å². The van der Waals surface area contributed by atoms with Gasteiger partial charge in [0.2, 0.25) is 0 Å².